The number of aromatic nitrogens is 7. The van der Waals surface area contributed by atoms with E-state index in [1.54, 1.807) is 0 Å². The minimum absolute atomic E-state index is 0.0307. The molecule has 3 aromatic rings. The van der Waals surface area contributed by atoms with Crippen molar-refractivity contribution < 1.29 is 14.3 Å². The van der Waals surface area contributed by atoms with Crippen molar-refractivity contribution in [1.29, 1.82) is 0 Å². The molecular formula is C12H9N7O3S6. The average molecular weight is 492 g/mol. The molecule has 0 fully saturated rings. The molecule has 0 aliphatic heterocycles. The van der Waals surface area contributed by atoms with Gasteiger partial charge in [-0.15, -0.1) is 0 Å². The Hall–Kier alpha value is -1.72. The van der Waals surface area contributed by atoms with Gasteiger partial charge in [-0.25, -0.2) is 4.79 Å². The van der Waals surface area contributed by atoms with Crippen molar-refractivity contribution in [2.75, 3.05) is 13.2 Å². The van der Waals surface area contributed by atoms with Crippen LogP contribution in [0.2, 0.25) is 0 Å². The number of nitrogens with one attached hydrogen (secondary N) is 2. The highest BCUT2D eigenvalue weighted by atomic mass is 32.2. The summed E-state index contributed by atoms with van der Waals surface area (Å²) < 4.78 is 12.7. The summed E-state index contributed by atoms with van der Waals surface area (Å²) in [7, 11) is 0. The van der Waals surface area contributed by atoms with E-state index in [1.807, 2.05) is 0 Å². The van der Waals surface area contributed by atoms with Crippen LogP contribution in [0.3, 0.4) is 0 Å². The molecule has 0 radical (unpaired) electrons. The molecule has 0 unspecified atom stereocenters. The molecule has 146 valence electrons. The maximum atomic E-state index is 11.1. The van der Waals surface area contributed by atoms with Crippen molar-refractivity contribution in [3.05, 3.63) is 20.6 Å². The number of carbonyl (C=O) groups is 1. The van der Waals surface area contributed by atoms with Crippen LogP contribution in [0, 0.1) is 7.91 Å². The highest BCUT2D eigenvalue weighted by Crippen LogP contribution is 2.31. The Morgan fingerprint density at radius 3 is 2.07 bits per heavy atom. The van der Waals surface area contributed by atoms with Gasteiger partial charge in [0, 0.05) is 6.08 Å². The SMILES string of the molecule is C=CC(=O)OCCOc1nc(Sc2n[nH]c(=S)s2)nc(Sc2n[nH]c(=S)s2)n1. The summed E-state index contributed by atoms with van der Waals surface area (Å²) in [5.41, 5.74) is 0. The highest BCUT2D eigenvalue weighted by molar-refractivity contribution is 8.01. The van der Waals surface area contributed by atoms with E-state index in [1.165, 1.54) is 46.2 Å². The van der Waals surface area contributed by atoms with Crippen LogP contribution in [0.1, 0.15) is 0 Å². The molecule has 3 aromatic heterocycles. The predicted molar refractivity (Wildman–Crippen MR) is 109 cm³/mol. The van der Waals surface area contributed by atoms with Crippen molar-refractivity contribution in [2.24, 2.45) is 0 Å². The fourth-order valence-corrected chi connectivity index (χ4v) is 5.40. The predicted octanol–water partition coefficient (Wildman–Crippen LogP) is 3.31. The summed E-state index contributed by atoms with van der Waals surface area (Å²) in [5, 5.41) is 14.3. The van der Waals surface area contributed by atoms with E-state index in [4.69, 9.17) is 33.9 Å². The van der Waals surface area contributed by atoms with Gasteiger partial charge in [0.15, 0.2) is 16.6 Å². The molecule has 0 saturated carbocycles. The third kappa shape index (κ3) is 6.42. The zero-order chi connectivity index (χ0) is 19.9. The lowest BCUT2D eigenvalue weighted by molar-refractivity contribution is -0.138. The summed E-state index contributed by atoms with van der Waals surface area (Å²) in [6, 6.07) is 0.0768. The van der Waals surface area contributed by atoms with Crippen molar-refractivity contribution in [1.82, 2.24) is 35.3 Å². The van der Waals surface area contributed by atoms with Crippen molar-refractivity contribution >= 4 is 76.6 Å². The Kier molecular flexibility index (Phi) is 7.63. The van der Waals surface area contributed by atoms with E-state index in [0.717, 1.165) is 6.08 Å². The van der Waals surface area contributed by atoms with Crippen LogP contribution < -0.4 is 4.74 Å². The molecule has 28 heavy (non-hydrogen) atoms. The quantitative estimate of drug-likeness (QED) is 0.197. The molecule has 0 aliphatic rings. The number of hydrogen-bond donors (Lipinski definition) is 2. The van der Waals surface area contributed by atoms with Crippen LogP contribution in [0.4, 0.5) is 0 Å². The lowest BCUT2D eigenvalue weighted by atomic mass is 10.6. The Labute approximate surface area is 184 Å². The van der Waals surface area contributed by atoms with Gasteiger partial charge >= 0.3 is 12.0 Å². The monoisotopic (exact) mass is 491 g/mol. The molecule has 0 aliphatic carbocycles. The number of nitrogens with zero attached hydrogens (tertiary/aromatic N) is 5. The summed E-state index contributed by atoms with van der Waals surface area (Å²) in [6.07, 6.45) is 1.07. The van der Waals surface area contributed by atoms with Crippen LogP contribution in [0.5, 0.6) is 6.01 Å². The molecule has 0 spiro atoms. The largest absolute Gasteiger partial charge is 0.460 e. The second kappa shape index (κ2) is 10.2. The van der Waals surface area contributed by atoms with E-state index in [2.05, 4.69) is 41.9 Å². The molecule has 0 amide bonds. The molecule has 2 N–H and O–H groups in total. The minimum atomic E-state index is -0.536. The first-order valence-corrected chi connectivity index (χ1v) is 11.2. The van der Waals surface area contributed by atoms with Gasteiger partial charge in [0.2, 0.25) is 10.3 Å². The average Bonchev–Trinajstić information content (AvgIpc) is 3.26. The molecule has 0 bridgehead atoms. The van der Waals surface area contributed by atoms with Crippen molar-refractivity contribution in [3.63, 3.8) is 0 Å². The first-order valence-electron chi connectivity index (χ1n) is 7.16. The van der Waals surface area contributed by atoms with Gasteiger partial charge in [-0.1, -0.05) is 29.3 Å². The fraction of sp³-hybridized carbons (Fsp3) is 0.167. The van der Waals surface area contributed by atoms with Crippen molar-refractivity contribution in [2.45, 2.75) is 19.0 Å². The summed E-state index contributed by atoms with van der Waals surface area (Å²) in [4.78, 5) is 23.9. The molecule has 0 saturated heterocycles. The summed E-state index contributed by atoms with van der Waals surface area (Å²) in [5.74, 6) is -0.536. The van der Waals surface area contributed by atoms with E-state index in [0.29, 0.717) is 26.9 Å². The zero-order valence-corrected chi connectivity index (χ0v) is 18.5. The maximum Gasteiger partial charge on any atom is 0.330 e. The number of aromatic amines is 2. The van der Waals surface area contributed by atoms with Crippen LogP contribution in [-0.4, -0.2) is 54.5 Å². The number of H-pyrrole nitrogens is 2. The molecule has 0 atom stereocenters. The lowest BCUT2D eigenvalue weighted by Gasteiger charge is -2.07. The van der Waals surface area contributed by atoms with Gasteiger partial charge < -0.3 is 9.47 Å². The summed E-state index contributed by atoms with van der Waals surface area (Å²) in [6.45, 7) is 3.42. The standard InChI is InChI=1S/C12H9N7O3S6/c1-2-5(20)21-3-4-22-6-13-7(25-11-18-16-9(23)27-11)15-8(14-6)26-12-19-17-10(24)28-12/h2H,1,3-4H2,(H,16,23)(H,17,24). The molecule has 3 rings (SSSR count). The van der Waals surface area contributed by atoms with Gasteiger partial charge in [0.25, 0.3) is 0 Å². The van der Waals surface area contributed by atoms with E-state index < -0.39 is 5.97 Å². The molecule has 0 aromatic carbocycles. The van der Waals surface area contributed by atoms with Gasteiger partial charge in [-0.2, -0.15) is 25.1 Å². The molecular weight excluding hydrogens is 483 g/mol. The van der Waals surface area contributed by atoms with E-state index in [9.17, 15) is 4.79 Å². The van der Waals surface area contributed by atoms with Gasteiger partial charge in [0.1, 0.15) is 13.2 Å². The normalized spacial score (nSPS) is 10.6. The first-order chi connectivity index (χ1) is 13.5. The summed E-state index contributed by atoms with van der Waals surface area (Å²) >= 11 is 15.1. The van der Waals surface area contributed by atoms with Crippen LogP contribution in [-0.2, 0) is 9.53 Å². The van der Waals surface area contributed by atoms with Gasteiger partial charge in [0.05, 0.1) is 0 Å². The second-order valence-corrected chi connectivity index (χ2v) is 10.1. The Morgan fingerprint density at radius 1 is 1.04 bits per heavy atom. The lowest BCUT2D eigenvalue weighted by Crippen LogP contribution is -2.12. The zero-order valence-electron chi connectivity index (χ0n) is 13.6. The maximum absolute atomic E-state index is 11.1. The Balaban J connectivity index is 1.76. The smallest absolute Gasteiger partial charge is 0.330 e. The number of ether oxygens (including phenoxy) is 2. The third-order valence-electron chi connectivity index (χ3n) is 2.49. The topological polar surface area (TPSA) is 132 Å². The van der Waals surface area contributed by atoms with E-state index in [-0.39, 0.29) is 19.2 Å². The van der Waals surface area contributed by atoms with E-state index >= 15 is 0 Å². The van der Waals surface area contributed by atoms with Gasteiger partial charge in [-0.3, -0.25) is 10.2 Å². The molecule has 3 heterocycles. The van der Waals surface area contributed by atoms with Crippen LogP contribution in [0.15, 0.2) is 31.6 Å². The highest BCUT2D eigenvalue weighted by Gasteiger charge is 2.14. The van der Waals surface area contributed by atoms with Gasteiger partial charge in [-0.05, 0) is 48.0 Å². The molecule has 10 nitrogen and oxygen atoms in total. The number of esters is 1. The molecule has 16 heteroatoms. The van der Waals surface area contributed by atoms with Crippen LogP contribution in [0.25, 0.3) is 0 Å². The van der Waals surface area contributed by atoms with Crippen LogP contribution >= 0.6 is 70.6 Å². The fourth-order valence-electron chi connectivity index (χ4n) is 1.49. The Bertz CT molecular complexity index is 1020. The number of hydrogen-bond acceptors (Lipinski definition) is 14. The number of rotatable bonds is 9. The third-order valence-corrected chi connectivity index (χ3v) is 6.52. The van der Waals surface area contributed by atoms with Crippen molar-refractivity contribution in [3.8, 4) is 6.01 Å². The first kappa shape index (κ1) is 21.0. The minimum Gasteiger partial charge on any atom is -0.460 e. The second-order valence-electron chi connectivity index (χ2n) is 4.37. The number of carbonyl (C=O) groups excluding carboxylic acids is 1. The Morgan fingerprint density at radius 2 is 1.61 bits per heavy atom.